The van der Waals surface area contributed by atoms with E-state index < -0.39 is 6.23 Å². The van der Waals surface area contributed by atoms with Crippen LogP contribution in [0.5, 0.6) is 0 Å². The fourth-order valence-electron chi connectivity index (χ4n) is 1.95. The van der Waals surface area contributed by atoms with Crippen LogP contribution < -0.4 is 0 Å². The number of carbonyl (C=O) groups is 1. The molecule has 0 aliphatic rings. The number of aliphatic hydroxyl groups excluding tert-OH is 1. The summed E-state index contributed by atoms with van der Waals surface area (Å²) in [6.45, 7) is 0.452. The summed E-state index contributed by atoms with van der Waals surface area (Å²) in [5, 5.41) is 10.3. The minimum absolute atomic E-state index is 0.0412. The summed E-state index contributed by atoms with van der Waals surface area (Å²) >= 11 is 5.85. The molecule has 0 spiro atoms. The van der Waals surface area contributed by atoms with Gasteiger partial charge in [0.25, 0.3) is 0 Å². The molecular formula is C15H23NO2S2. The van der Waals surface area contributed by atoms with Gasteiger partial charge in [-0.1, -0.05) is 30.3 Å². The van der Waals surface area contributed by atoms with Crippen LogP contribution in [0.1, 0.15) is 24.8 Å². The van der Waals surface area contributed by atoms with E-state index in [0.717, 1.165) is 17.7 Å². The normalized spacial score (nSPS) is 12.2. The molecule has 0 aromatic heterocycles. The van der Waals surface area contributed by atoms with Crippen LogP contribution in [0.25, 0.3) is 0 Å². The standard InChI is InChI=1S/C15H23NO2S2/c1-20-11-5-8-14(17)16(15(18)9-10-19)12-13-6-3-2-4-7-13/h2-4,6-7,14,17,19H,5,8-12H2,1H3. The van der Waals surface area contributed by atoms with Crippen LogP contribution in [0.4, 0.5) is 0 Å². The minimum Gasteiger partial charge on any atom is -0.374 e. The fraction of sp³-hybridized carbons (Fsp3) is 0.533. The summed E-state index contributed by atoms with van der Waals surface area (Å²) in [6.07, 6.45) is 3.21. The smallest absolute Gasteiger partial charge is 0.225 e. The van der Waals surface area contributed by atoms with Crippen molar-refractivity contribution in [3.05, 3.63) is 35.9 Å². The van der Waals surface area contributed by atoms with E-state index in [4.69, 9.17) is 0 Å². The third kappa shape index (κ3) is 6.20. The molecule has 1 unspecified atom stereocenters. The molecule has 1 aromatic rings. The number of thioether (sulfide) groups is 1. The molecule has 1 atom stereocenters. The third-order valence-electron chi connectivity index (χ3n) is 3.01. The van der Waals surface area contributed by atoms with Crippen molar-refractivity contribution in [1.29, 1.82) is 0 Å². The number of hydrogen-bond donors (Lipinski definition) is 2. The Hall–Kier alpha value is -0.650. The molecule has 0 aliphatic heterocycles. The molecule has 112 valence electrons. The van der Waals surface area contributed by atoms with Gasteiger partial charge in [0.1, 0.15) is 6.23 Å². The van der Waals surface area contributed by atoms with E-state index in [1.54, 1.807) is 16.7 Å². The number of rotatable bonds is 9. The Bertz CT molecular complexity index is 387. The Morgan fingerprint density at radius 1 is 1.40 bits per heavy atom. The first-order chi connectivity index (χ1) is 9.69. The molecule has 1 aromatic carbocycles. The van der Waals surface area contributed by atoms with Crippen LogP contribution in [0.2, 0.25) is 0 Å². The van der Waals surface area contributed by atoms with Crippen molar-refractivity contribution in [3.8, 4) is 0 Å². The fourth-order valence-corrected chi connectivity index (χ4v) is 2.59. The number of nitrogens with zero attached hydrogens (tertiary/aromatic N) is 1. The lowest BCUT2D eigenvalue weighted by Crippen LogP contribution is -2.40. The summed E-state index contributed by atoms with van der Waals surface area (Å²) in [7, 11) is 0. The van der Waals surface area contributed by atoms with Crippen molar-refractivity contribution in [2.45, 2.75) is 32.0 Å². The second kappa shape index (κ2) is 10.1. The number of hydrogen-bond acceptors (Lipinski definition) is 4. The van der Waals surface area contributed by atoms with Crippen LogP contribution in [-0.2, 0) is 11.3 Å². The molecule has 0 fully saturated rings. The first kappa shape index (κ1) is 17.4. The Balaban J connectivity index is 2.66. The van der Waals surface area contributed by atoms with Gasteiger partial charge in [-0.3, -0.25) is 4.79 Å². The summed E-state index contributed by atoms with van der Waals surface area (Å²) in [6, 6.07) is 9.76. The zero-order valence-corrected chi connectivity index (χ0v) is 13.6. The lowest BCUT2D eigenvalue weighted by Gasteiger charge is -2.28. The second-order valence-corrected chi connectivity index (χ2v) is 6.03. The van der Waals surface area contributed by atoms with Crippen LogP contribution in [0, 0.1) is 0 Å². The quantitative estimate of drug-likeness (QED) is 0.418. The highest BCUT2D eigenvalue weighted by atomic mass is 32.2. The molecule has 1 rings (SSSR count). The Morgan fingerprint density at radius 3 is 2.70 bits per heavy atom. The Labute approximate surface area is 131 Å². The maximum atomic E-state index is 12.1. The van der Waals surface area contributed by atoms with Gasteiger partial charge in [-0.2, -0.15) is 24.4 Å². The van der Waals surface area contributed by atoms with Gasteiger partial charge < -0.3 is 10.0 Å². The average molecular weight is 313 g/mol. The monoisotopic (exact) mass is 313 g/mol. The maximum absolute atomic E-state index is 12.1. The highest BCUT2D eigenvalue weighted by Crippen LogP contribution is 2.14. The molecule has 5 heteroatoms. The first-order valence-corrected chi connectivity index (χ1v) is 8.83. The number of thiol groups is 1. The molecule has 1 amide bonds. The highest BCUT2D eigenvalue weighted by molar-refractivity contribution is 7.98. The van der Waals surface area contributed by atoms with E-state index in [-0.39, 0.29) is 5.91 Å². The zero-order chi connectivity index (χ0) is 14.8. The van der Waals surface area contributed by atoms with E-state index in [0.29, 0.717) is 25.1 Å². The molecule has 3 nitrogen and oxygen atoms in total. The van der Waals surface area contributed by atoms with E-state index in [9.17, 15) is 9.90 Å². The van der Waals surface area contributed by atoms with Gasteiger partial charge in [0.2, 0.25) is 5.91 Å². The van der Waals surface area contributed by atoms with E-state index in [2.05, 4.69) is 12.6 Å². The topological polar surface area (TPSA) is 40.5 Å². The lowest BCUT2D eigenvalue weighted by atomic mass is 10.2. The largest absolute Gasteiger partial charge is 0.374 e. The second-order valence-electron chi connectivity index (χ2n) is 4.60. The van der Waals surface area contributed by atoms with Gasteiger partial charge in [0.05, 0.1) is 0 Å². The number of amides is 1. The van der Waals surface area contributed by atoms with Crippen LogP contribution >= 0.6 is 24.4 Å². The molecule has 0 saturated heterocycles. The highest BCUT2D eigenvalue weighted by Gasteiger charge is 2.20. The summed E-state index contributed by atoms with van der Waals surface area (Å²) < 4.78 is 0. The van der Waals surface area contributed by atoms with Gasteiger partial charge in [0, 0.05) is 13.0 Å². The predicted octanol–water partition coefficient (Wildman–Crippen LogP) is 2.80. The van der Waals surface area contributed by atoms with E-state index in [1.807, 2.05) is 36.6 Å². The summed E-state index contributed by atoms with van der Waals surface area (Å²) in [5.74, 6) is 1.46. The molecule has 1 N–H and O–H groups in total. The SMILES string of the molecule is CSCCCC(O)N(Cc1ccccc1)C(=O)CCS. The van der Waals surface area contributed by atoms with Crippen molar-refractivity contribution in [2.75, 3.05) is 17.8 Å². The lowest BCUT2D eigenvalue weighted by molar-refractivity contribution is -0.142. The van der Waals surface area contributed by atoms with Crippen LogP contribution in [-0.4, -0.2) is 39.9 Å². The minimum atomic E-state index is -0.713. The molecule has 0 bridgehead atoms. The van der Waals surface area contributed by atoms with Crippen molar-refractivity contribution in [2.24, 2.45) is 0 Å². The van der Waals surface area contributed by atoms with E-state index in [1.165, 1.54) is 0 Å². The van der Waals surface area contributed by atoms with Crippen molar-refractivity contribution in [1.82, 2.24) is 4.90 Å². The van der Waals surface area contributed by atoms with Gasteiger partial charge in [0.15, 0.2) is 0 Å². The maximum Gasteiger partial charge on any atom is 0.225 e. The number of carbonyl (C=O) groups excluding carboxylic acids is 1. The van der Waals surface area contributed by atoms with Gasteiger partial charge in [-0.15, -0.1) is 0 Å². The zero-order valence-electron chi connectivity index (χ0n) is 11.9. The first-order valence-electron chi connectivity index (χ1n) is 6.80. The molecule has 0 saturated carbocycles. The van der Waals surface area contributed by atoms with Crippen molar-refractivity contribution < 1.29 is 9.90 Å². The molecule has 0 aliphatic carbocycles. The number of aliphatic hydroxyl groups is 1. The Kier molecular flexibility index (Phi) is 8.82. The molecular weight excluding hydrogens is 290 g/mol. The van der Waals surface area contributed by atoms with Crippen molar-refractivity contribution in [3.63, 3.8) is 0 Å². The van der Waals surface area contributed by atoms with E-state index >= 15 is 0 Å². The van der Waals surface area contributed by atoms with Gasteiger partial charge in [-0.05, 0) is 36.2 Å². The Morgan fingerprint density at radius 2 is 2.10 bits per heavy atom. The summed E-state index contributed by atoms with van der Waals surface area (Å²) in [4.78, 5) is 13.7. The summed E-state index contributed by atoms with van der Waals surface area (Å²) in [5.41, 5.74) is 1.03. The molecule has 20 heavy (non-hydrogen) atoms. The average Bonchev–Trinajstić information content (AvgIpc) is 2.46. The third-order valence-corrected chi connectivity index (χ3v) is 3.93. The van der Waals surface area contributed by atoms with Gasteiger partial charge >= 0.3 is 0 Å². The van der Waals surface area contributed by atoms with Crippen molar-refractivity contribution >= 4 is 30.3 Å². The molecule has 0 heterocycles. The number of benzene rings is 1. The van der Waals surface area contributed by atoms with Crippen LogP contribution in [0.3, 0.4) is 0 Å². The van der Waals surface area contributed by atoms with Gasteiger partial charge in [-0.25, -0.2) is 0 Å². The predicted molar refractivity (Wildman–Crippen MR) is 89.1 cm³/mol. The molecule has 0 radical (unpaired) electrons. The van der Waals surface area contributed by atoms with Crippen LogP contribution in [0.15, 0.2) is 30.3 Å².